The number of nitrogens with one attached hydrogen (secondary N) is 1. The smallest absolute Gasteiger partial charge is 0.245 e. The Morgan fingerprint density at radius 3 is 2.71 bits per heavy atom. The average Bonchev–Trinajstić information content (AvgIpc) is 2.20. The van der Waals surface area contributed by atoms with E-state index in [0.717, 1.165) is 5.56 Å². The SMILES string of the molecule is O=C(CCO)NOCc1ccccc1. The van der Waals surface area contributed by atoms with E-state index in [2.05, 4.69) is 5.48 Å². The molecule has 4 nitrogen and oxygen atoms in total. The second kappa shape index (κ2) is 6.12. The Kier molecular flexibility index (Phi) is 4.68. The van der Waals surface area contributed by atoms with Crippen LogP contribution in [0, 0.1) is 0 Å². The van der Waals surface area contributed by atoms with Crippen molar-refractivity contribution in [2.75, 3.05) is 6.61 Å². The van der Waals surface area contributed by atoms with Gasteiger partial charge in [0, 0.05) is 0 Å². The third-order valence-electron chi connectivity index (χ3n) is 1.61. The average molecular weight is 195 g/mol. The van der Waals surface area contributed by atoms with Crippen LogP contribution in [0.2, 0.25) is 0 Å². The molecule has 0 aliphatic heterocycles. The second-order valence-corrected chi connectivity index (χ2v) is 2.77. The molecule has 0 atom stereocenters. The van der Waals surface area contributed by atoms with Crippen LogP contribution in [-0.4, -0.2) is 17.6 Å². The Morgan fingerprint density at radius 2 is 2.07 bits per heavy atom. The lowest BCUT2D eigenvalue weighted by molar-refractivity contribution is -0.135. The van der Waals surface area contributed by atoms with Crippen molar-refractivity contribution >= 4 is 5.91 Å². The molecule has 0 unspecified atom stereocenters. The summed E-state index contributed by atoms with van der Waals surface area (Å²) in [7, 11) is 0. The zero-order valence-electron chi connectivity index (χ0n) is 7.77. The Hall–Kier alpha value is -1.39. The van der Waals surface area contributed by atoms with Crippen molar-refractivity contribution in [3.05, 3.63) is 35.9 Å². The molecule has 0 fully saturated rings. The van der Waals surface area contributed by atoms with Crippen LogP contribution in [0.5, 0.6) is 0 Å². The molecule has 0 saturated heterocycles. The quantitative estimate of drug-likeness (QED) is 0.677. The monoisotopic (exact) mass is 195 g/mol. The van der Waals surface area contributed by atoms with Gasteiger partial charge in [-0.15, -0.1) is 0 Å². The van der Waals surface area contributed by atoms with Gasteiger partial charge in [0.1, 0.15) is 0 Å². The molecular formula is C10H13NO3. The Bertz CT molecular complexity index is 274. The predicted octanol–water partition coefficient (Wildman–Crippen LogP) is 0.617. The number of rotatable bonds is 5. The fourth-order valence-corrected chi connectivity index (χ4v) is 0.927. The van der Waals surface area contributed by atoms with Gasteiger partial charge in [0.2, 0.25) is 5.91 Å². The van der Waals surface area contributed by atoms with E-state index in [9.17, 15) is 4.79 Å². The molecule has 0 spiro atoms. The van der Waals surface area contributed by atoms with E-state index >= 15 is 0 Å². The molecule has 2 N–H and O–H groups in total. The van der Waals surface area contributed by atoms with E-state index in [1.807, 2.05) is 30.3 Å². The van der Waals surface area contributed by atoms with Crippen LogP contribution in [0.3, 0.4) is 0 Å². The van der Waals surface area contributed by atoms with Crippen molar-refractivity contribution in [3.8, 4) is 0 Å². The minimum atomic E-state index is -0.316. The number of carbonyl (C=O) groups is 1. The standard InChI is InChI=1S/C10H13NO3/c12-7-6-10(13)11-14-8-9-4-2-1-3-5-9/h1-5,12H,6-8H2,(H,11,13). The van der Waals surface area contributed by atoms with Crippen LogP contribution >= 0.6 is 0 Å². The summed E-state index contributed by atoms with van der Waals surface area (Å²) < 4.78 is 0. The van der Waals surface area contributed by atoms with Gasteiger partial charge in [-0.2, -0.15) is 0 Å². The molecule has 0 aromatic heterocycles. The van der Waals surface area contributed by atoms with Gasteiger partial charge in [0.05, 0.1) is 19.6 Å². The Labute approximate surface area is 82.5 Å². The first kappa shape index (κ1) is 10.7. The van der Waals surface area contributed by atoms with Gasteiger partial charge in [0.25, 0.3) is 0 Å². The van der Waals surface area contributed by atoms with Crippen molar-refractivity contribution in [1.29, 1.82) is 0 Å². The summed E-state index contributed by atoms with van der Waals surface area (Å²) in [6.45, 7) is 0.165. The maximum absolute atomic E-state index is 10.8. The van der Waals surface area contributed by atoms with Gasteiger partial charge < -0.3 is 5.11 Å². The van der Waals surface area contributed by atoms with Crippen molar-refractivity contribution in [2.24, 2.45) is 0 Å². The molecule has 0 aliphatic rings. The summed E-state index contributed by atoms with van der Waals surface area (Å²) in [5, 5.41) is 8.44. The molecule has 1 aromatic carbocycles. The normalized spacial score (nSPS) is 9.79. The van der Waals surface area contributed by atoms with Crippen LogP contribution < -0.4 is 5.48 Å². The topological polar surface area (TPSA) is 58.6 Å². The maximum atomic E-state index is 10.8. The molecule has 0 radical (unpaired) electrons. The Morgan fingerprint density at radius 1 is 1.36 bits per heavy atom. The largest absolute Gasteiger partial charge is 0.396 e. The van der Waals surface area contributed by atoms with E-state index < -0.39 is 0 Å². The minimum absolute atomic E-state index is 0.0643. The number of hydrogen-bond donors (Lipinski definition) is 2. The van der Waals surface area contributed by atoms with E-state index in [4.69, 9.17) is 9.94 Å². The van der Waals surface area contributed by atoms with Crippen molar-refractivity contribution in [2.45, 2.75) is 13.0 Å². The third-order valence-corrected chi connectivity index (χ3v) is 1.61. The zero-order chi connectivity index (χ0) is 10.2. The van der Waals surface area contributed by atoms with Gasteiger partial charge >= 0.3 is 0 Å². The molecule has 1 aromatic rings. The van der Waals surface area contributed by atoms with Crippen LogP contribution in [-0.2, 0) is 16.2 Å². The third kappa shape index (κ3) is 4.02. The maximum Gasteiger partial charge on any atom is 0.245 e. The highest BCUT2D eigenvalue weighted by atomic mass is 16.6. The van der Waals surface area contributed by atoms with Gasteiger partial charge in [-0.25, -0.2) is 5.48 Å². The second-order valence-electron chi connectivity index (χ2n) is 2.77. The number of aliphatic hydroxyl groups excluding tert-OH is 1. The number of carbonyl (C=O) groups excluding carboxylic acids is 1. The summed E-state index contributed by atoms with van der Waals surface area (Å²) in [4.78, 5) is 15.8. The van der Waals surface area contributed by atoms with Gasteiger partial charge in [-0.05, 0) is 5.56 Å². The number of benzene rings is 1. The summed E-state index contributed by atoms with van der Waals surface area (Å²) in [6.07, 6.45) is 0.0643. The van der Waals surface area contributed by atoms with E-state index in [-0.39, 0.29) is 18.9 Å². The predicted molar refractivity (Wildman–Crippen MR) is 51.1 cm³/mol. The van der Waals surface area contributed by atoms with Crippen LogP contribution in [0.15, 0.2) is 30.3 Å². The van der Waals surface area contributed by atoms with E-state index in [1.165, 1.54) is 0 Å². The molecule has 4 heteroatoms. The molecule has 0 bridgehead atoms. The molecular weight excluding hydrogens is 182 g/mol. The van der Waals surface area contributed by atoms with Crippen LogP contribution in [0.1, 0.15) is 12.0 Å². The molecule has 1 amide bonds. The van der Waals surface area contributed by atoms with Gasteiger partial charge in [0.15, 0.2) is 0 Å². The number of aliphatic hydroxyl groups is 1. The highest BCUT2D eigenvalue weighted by molar-refractivity contribution is 5.74. The molecule has 0 saturated carbocycles. The summed E-state index contributed by atoms with van der Waals surface area (Å²) >= 11 is 0. The number of hydrogen-bond acceptors (Lipinski definition) is 3. The van der Waals surface area contributed by atoms with Crippen molar-refractivity contribution < 1.29 is 14.7 Å². The van der Waals surface area contributed by atoms with Gasteiger partial charge in [-0.1, -0.05) is 30.3 Å². The summed E-state index contributed by atoms with van der Waals surface area (Å²) in [5.74, 6) is -0.316. The highest BCUT2D eigenvalue weighted by Gasteiger charge is 1.98. The minimum Gasteiger partial charge on any atom is -0.396 e. The van der Waals surface area contributed by atoms with E-state index in [1.54, 1.807) is 0 Å². The highest BCUT2D eigenvalue weighted by Crippen LogP contribution is 1.98. The summed E-state index contributed by atoms with van der Waals surface area (Å²) in [6, 6.07) is 9.51. The lowest BCUT2D eigenvalue weighted by Crippen LogP contribution is -2.24. The fourth-order valence-electron chi connectivity index (χ4n) is 0.927. The van der Waals surface area contributed by atoms with Crippen molar-refractivity contribution in [1.82, 2.24) is 5.48 Å². The first-order valence-corrected chi connectivity index (χ1v) is 4.38. The first-order chi connectivity index (χ1) is 6.83. The zero-order valence-corrected chi connectivity index (χ0v) is 7.77. The van der Waals surface area contributed by atoms with Crippen molar-refractivity contribution in [3.63, 3.8) is 0 Å². The van der Waals surface area contributed by atoms with E-state index in [0.29, 0.717) is 6.61 Å². The lowest BCUT2D eigenvalue weighted by Gasteiger charge is -2.04. The number of hydroxylamine groups is 1. The lowest BCUT2D eigenvalue weighted by atomic mass is 10.2. The molecule has 76 valence electrons. The number of amides is 1. The van der Waals surface area contributed by atoms with Gasteiger partial charge in [-0.3, -0.25) is 9.63 Å². The Balaban J connectivity index is 2.19. The first-order valence-electron chi connectivity index (χ1n) is 4.38. The fraction of sp³-hybridized carbons (Fsp3) is 0.300. The molecule has 0 heterocycles. The molecule has 1 rings (SSSR count). The van der Waals surface area contributed by atoms with Crippen LogP contribution in [0.4, 0.5) is 0 Å². The summed E-state index contributed by atoms with van der Waals surface area (Å²) in [5.41, 5.74) is 3.22. The molecule has 0 aliphatic carbocycles. The van der Waals surface area contributed by atoms with Crippen LogP contribution in [0.25, 0.3) is 0 Å². The molecule has 14 heavy (non-hydrogen) atoms.